The average Bonchev–Trinajstić information content (AvgIpc) is 2.02. The summed E-state index contributed by atoms with van der Waals surface area (Å²) in [5.41, 5.74) is 5.95. The normalized spacial score (nSPS) is 9.69. The molecule has 0 aliphatic rings. The quantitative estimate of drug-likeness (QED) is 0.803. The monoisotopic (exact) mass is 199 g/mol. The summed E-state index contributed by atoms with van der Waals surface area (Å²) in [4.78, 5) is 10.4. The van der Waals surface area contributed by atoms with Crippen molar-refractivity contribution in [3.05, 3.63) is 28.8 Å². The second kappa shape index (κ2) is 4.14. The molecule has 0 aromatic heterocycles. The van der Waals surface area contributed by atoms with E-state index in [4.69, 9.17) is 22.1 Å². The van der Waals surface area contributed by atoms with Crippen molar-refractivity contribution in [3.63, 3.8) is 0 Å². The number of halogens is 1. The van der Waals surface area contributed by atoms with E-state index in [1.54, 1.807) is 12.1 Å². The fourth-order valence-corrected chi connectivity index (χ4v) is 1.16. The van der Waals surface area contributed by atoms with E-state index < -0.39 is 5.91 Å². The zero-order chi connectivity index (χ0) is 9.84. The fourth-order valence-electron chi connectivity index (χ4n) is 0.872. The molecular formula is C9H10ClNO2. The predicted octanol–water partition coefficient (Wildman–Crippen LogP) is 1.51. The maximum atomic E-state index is 10.4. The molecule has 0 radical (unpaired) electrons. The Morgan fingerprint density at radius 3 is 2.85 bits per heavy atom. The first-order valence-electron chi connectivity index (χ1n) is 3.77. The molecule has 0 unspecified atom stereocenters. The van der Waals surface area contributed by atoms with Crippen molar-refractivity contribution in [1.82, 2.24) is 0 Å². The van der Waals surface area contributed by atoms with Gasteiger partial charge in [-0.1, -0.05) is 17.7 Å². The molecule has 0 heterocycles. The van der Waals surface area contributed by atoms with E-state index in [2.05, 4.69) is 0 Å². The fraction of sp³-hybridized carbons (Fsp3) is 0.222. The highest BCUT2D eigenvalue weighted by Gasteiger charge is 2.02. The molecule has 3 nitrogen and oxygen atoms in total. The van der Waals surface area contributed by atoms with Crippen LogP contribution in [0, 0.1) is 6.92 Å². The van der Waals surface area contributed by atoms with E-state index in [9.17, 15) is 4.79 Å². The van der Waals surface area contributed by atoms with Crippen LogP contribution >= 0.6 is 11.6 Å². The minimum absolute atomic E-state index is 0.150. The van der Waals surface area contributed by atoms with Gasteiger partial charge < -0.3 is 10.5 Å². The van der Waals surface area contributed by atoms with E-state index in [-0.39, 0.29) is 6.61 Å². The van der Waals surface area contributed by atoms with Gasteiger partial charge in [-0.3, -0.25) is 4.79 Å². The third-order valence-electron chi connectivity index (χ3n) is 1.46. The summed E-state index contributed by atoms with van der Waals surface area (Å²) in [7, 11) is 0. The Labute approximate surface area is 81.4 Å². The van der Waals surface area contributed by atoms with Gasteiger partial charge in [-0.2, -0.15) is 0 Å². The second-order valence-corrected chi connectivity index (χ2v) is 3.10. The molecule has 2 N–H and O–H groups in total. The van der Waals surface area contributed by atoms with E-state index in [1.807, 2.05) is 13.0 Å². The topological polar surface area (TPSA) is 52.3 Å². The first kappa shape index (κ1) is 9.86. The molecule has 0 saturated carbocycles. The molecule has 0 saturated heterocycles. The molecular weight excluding hydrogens is 190 g/mol. The SMILES string of the molecule is Cc1ccc(OCC(N)=O)c(Cl)c1. The molecule has 1 aromatic carbocycles. The molecule has 0 spiro atoms. The second-order valence-electron chi connectivity index (χ2n) is 2.69. The summed E-state index contributed by atoms with van der Waals surface area (Å²) < 4.78 is 5.05. The summed E-state index contributed by atoms with van der Waals surface area (Å²) in [6, 6.07) is 5.32. The van der Waals surface area contributed by atoms with Crippen molar-refractivity contribution in [2.75, 3.05) is 6.61 Å². The van der Waals surface area contributed by atoms with Crippen LogP contribution in [0.25, 0.3) is 0 Å². The number of ether oxygens (including phenoxy) is 1. The summed E-state index contributed by atoms with van der Waals surface area (Å²) in [6.07, 6.45) is 0. The van der Waals surface area contributed by atoms with Crippen LogP contribution < -0.4 is 10.5 Å². The van der Waals surface area contributed by atoms with E-state index in [0.29, 0.717) is 10.8 Å². The minimum Gasteiger partial charge on any atom is -0.482 e. The average molecular weight is 200 g/mol. The number of nitrogens with two attached hydrogens (primary N) is 1. The first-order valence-corrected chi connectivity index (χ1v) is 4.14. The largest absolute Gasteiger partial charge is 0.482 e. The third-order valence-corrected chi connectivity index (χ3v) is 1.75. The Kier molecular flexibility index (Phi) is 3.14. The van der Waals surface area contributed by atoms with Gasteiger partial charge in [0, 0.05) is 0 Å². The zero-order valence-electron chi connectivity index (χ0n) is 7.21. The summed E-state index contributed by atoms with van der Waals surface area (Å²) in [5, 5.41) is 0.487. The van der Waals surface area contributed by atoms with Crippen molar-refractivity contribution in [2.24, 2.45) is 5.73 Å². The first-order chi connectivity index (χ1) is 6.09. The highest BCUT2D eigenvalue weighted by atomic mass is 35.5. The van der Waals surface area contributed by atoms with Crippen LogP contribution in [0.3, 0.4) is 0 Å². The molecule has 13 heavy (non-hydrogen) atoms. The van der Waals surface area contributed by atoms with E-state index in [0.717, 1.165) is 5.56 Å². The number of carbonyl (C=O) groups is 1. The lowest BCUT2D eigenvalue weighted by molar-refractivity contribution is -0.119. The van der Waals surface area contributed by atoms with Gasteiger partial charge in [0.1, 0.15) is 5.75 Å². The third kappa shape index (κ3) is 2.95. The van der Waals surface area contributed by atoms with Crippen LogP contribution in [0.4, 0.5) is 0 Å². The highest BCUT2D eigenvalue weighted by molar-refractivity contribution is 6.32. The Hall–Kier alpha value is -1.22. The molecule has 0 aliphatic heterocycles. The van der Waals surface area contributed by atoms with Crippen LogP contribution in [0.15, 0.2) is 18.2 Å². The summed E-state index contributed by atoms with van der Waals surface area (Å²) in [5.74, 6) is -0.0392. The Morgan fingerprint density at radius 2 is 2.31 bits per heavy atom. The molecule has 0 atom stereocenters. The minimum atomic E-state index is -0.517. The molecule has 0 bridgehead atoms. The lowest BCUT2D eigenvalue weighted by Gasteiger charge is -2.05. The number of rotatable bonds is 3. The Bertz CT molecular complexity index is 325. The number of primary amides is 1. The zero-order valence-corrected chi connectivity index (χ0v) is 7.97. The predicted molar refractivity (Wildman–Crippen MR) is 50.9 cm³/mol. The number of amides is 1. The van der Waals surface area contributed by atoms with Gasteiger partial charge >= 0.3 is 0 Å². The molecule has 4 heteroatoms. The van der Waals surface area contributed by atoms with Gasteiger partial charge in [0.2, 0.25) is 0 Å². The lowest BCUT2D eigenvalue weighted by Crippen LogP contribution is -2.20. The molecule has 1 aromatic rings. The van der Waals surface area contributed by atoms with Gasteiger partial charge in [-0.15, -0.1) is 0 Å². The van der Waals surface area contributed by atoms with Crippen molar-refractivity contribution in [3.8, 4) is 5.75 Å². The maximum absolute atomic E-state index is 10.4. The smallest absolute Gasteiger partial charge is 0.255 e. The Morgan fingerprint density at radius 1 is 1.62 bits per heavy atom. The van der Waals surface area contributed by atoms with Crippen molar-refractivity contribution < 1.29 is 9.53 Å². The van der Waals surface area contributed by atoms with Crippen molar-refractivity contribution >= 4 is 17.5 Å². The summed E-state index contributed by atoms with van der Waals surface area (Å²) in [6.45, 7) is 1.77. The number of hydrogen-bond acceptors (Lipinski definition) is 2. The van der Waals surface area contributed by atoms with E-state index in [1.165, 1.54) is 0 Å². The van der Waals surface area contributed by atoms with Crippen LogP contribution in [-0.4, -0.2) is 12.5 Å². The van der Waals surface area contributed by atoms with E-state index >= 15 is 0 Å². The molecule has 1 rings (SSSR count). The Balaban J connectivity index is 2.72. The van der Waals surface area contributed by atoms with Crippen molar-refractivity contribution in [1.29, 1.82) is 0 Å². The maximum Gasteiger partial charge on any atom is 0.255 e. The van der Waals surface area contributed by atoms with Gasteiger partial charge in [0.15, 0.2) is 6.61 Å². The van der Waals surface area contributed by atoms with Crippen LogP contribution in [0.2, 0.25) is 5.02 Å². The van der Waals surface area contributed by atoms with Crippen molar-refractivity contribution in [2.45, 2.75) is 6.92 Å². The van der Waals surface area contributed by atoms with Crippen LogP contribution in [0.5, 0.6) is 5.75 Å². The number of benzene rings is 1. The van der Waals surface area contributed by atoms with Gasteiger partial charge in [0.05, 0.1) is 5.02 Å². The molecule has 0 aliphatic carbocycles. The van der Waals surface area contributed by atoms with Crippen LogP contribution in [-0.2, 0) is 4.79 Å². The van der Waals surface area contributed by atoms with Gasteiger partial charge in [0.25, 0.3) is 5.91 Å². The number of hydrogen-bond donors (Lipinski definition) is 1. The molecule has 1 amide bonds. The van der Waals surface area contributed by atoms with Gasteiger partial charge in [-0.25, -0.2) is 0 Å². The molecule has 70 valence electrons. The molecule has 0 fully saturated rings. The van der Waals surface area contributed by atoms with Crippen LogP contribution in [0.1, 0.15) is 5.56 Å². The van der Waals surface area contributed by atoms with Gasteiger partial charge in [-0.05, 0) is 24.6 Å². The number of carbonyl (C=O) groups excluding carboxylic acids is 1. The highest BCUT2D eigenvalue weighted by Crippen LogP contribution is 2.24. The number of aryl methyl sites for hydroxylation is 1. The standard InChI is InChI=1S/C9H10ClNO2/c1-6-2-3-8(7(10)4-6)13-5-9(11)12/h2-4H,5H2,1H3,(H2,11,12). The summed E-state index contributed by atoms with van der Waals surface area (Å²) >= 11 is 5.84. The lowest BCUT2D eigenvalue weighted by atomic mass is 10.2.